The summed E-state index contributed by atoms with van der Waals surface area (Å²) in [7, 11) is 1.34. The molecule has 1 rings (SSSR count). The van der Waals surface area contributed by atoms with Crippen LogP contribution >= 0.6 is 15.9 Å². The summed E-state index contributed by atoms with van der Waals surface area (Å²) in [6.07, 6.45) is 2.76. The third-order valence-electron chi connectivity index (χ3n) is 2.11. The highest BCUT2D eigenvalue weighted by Crippen LogP contribution is 2.19. The Bertz CT molecular complexity index is 336. The highest BCUT2D eigenvalue weighted by atomic mass is 79.9. The van der Waals surface area contributed by atoms with E-state index in [-0.39, 0.29) is 6.04 Å². The molecule has 1 heterocycles. The molecular formula is C9H13BrN2O2. The van der Waals surface area contributed by atoms with Crippen molar-refractivity contribution in [1.82, 2.24) is 9.78 Å². The number of hydrogen-bond donors (Lipinski definition) is 0. The van der Waals surface area contributed by atoms with Crippen molar-refractivity contribution in [3.8, 4) is 0 Å². The minimum atomic E-state index is -0.418. The van der Waals surface area contributed by atoms with Crippen molar-refractivity contribution in [3.05, 3.63) is 16.4 Å². The number of hydrogen-bond acceptors (Lipinski definition) is 3. The molecule has 1 aromatic heterocycles. The number of nitrogens with zero attached hydrogens (tertiary/aromatic N) is 2. The van der Waals surface area contributed by atoms with Crippen molar-refractivity contribution in [1.29, 1.82) is 0 Å². The lowest BCUT2D eigenvalue weighted by molar-refractivity contribution is 0.0591. The molecule has 0 aliphatic rings. The molecule has 4 nitrogen and oxygen atoms in total. The summed E-state index contributed by atoms with van der Waals surface area (Å²) in [4.78, 5) is 11.2. The topological polar surface area (TPSA) is 44.1 Å². The van der Waals surface area contributed by atoms with E-state index in [1.54, 1.807) is 10.9 Å². The Morgan fingerprint density at radius 3 is 2.93 bits per heavy atom. The van der Waals surface area contributed by atoms with Crippen LogP contribution in [0, 0.1) is 0 Å². The smallest absolute Gasteiger partial charge is 0.359 e. The molecule has 0 unspecified atom stereocenters. The first-order chi connectivity index (χ1) is 6.60. The van der Waals surface area contributed by atoms with Crippen LogP contribution < -0.4 is 0 Å². The van der Waals surface area contributed by atoms with Gasteiger partial charge in [0.05, 0.1) is 11.6 Å². The van der Waals surface area contributed by atoms with E-state index in [0.29, 0.717) is 10.2 Å². The molecule has 0 N–H and O–H groups in total. The van der Waals surface area contributed by atoms with E-state index in [0.717, 1.165) is 6.42 Å². The van der Waals surface area contributed by atoms with Crippen LogP contribution in [0.5, 0.6) is 0 Å². The molecule has 0 aliphatic carbocycles. The van der Waals surface area contributed by atoms with Gasteiger partial charge in [0.25, 0.3) is 0 Å². The molecule has 0 aliphatic heterocycles. The molecule has 0 saturated heterocycles. The Hall–Kier alpha value is -0.840. The van der Waals surface area contributed by atoms with Gasteiger partial charge in [0.15, 0.2) is 5.69 Å². The molecule has 0 saturated carbocycles. The van der Waals surface area contributed by atoms with Crippen LogP contribution in [0.1, 0.15) is 36.8 Å². The lowest BCUT2D eigenvalue weighted by Crippen LogP contribution is -2.08. The highest BCUT2D eigenvalue weighted by molar-refractivity contribution is 9.10. The van der Waals surface area contributed by atoms with Gasteiger partial charge in [0.1, 0.15) is 0 Å². The predicted molar refractivity (Wildman–Crippen MR) is 56.3 cm³/mol. The predicted octanol–water partition coefficient (Wildman–Crippen LogP) is 2.40. The van der Waals surface area contributed by atoms with Crippen LogP contribution in [-0.4, -0.2) is 22.9 Å². The van der Waals surface area contributed by atoms with E-state index in [4.69, 9.17) is 0 Å². The summed E-state index contributed by atoms with van der Waals surface area (Å²) in [5, 5.41) is 4.15. The number of aromatic nitrogens is 2. The Morgan fingerprint density at radius 1 is 1.79 bits per heavy atom. The number of ether oxygens (including phenoxy) is 1. The van der Waals surface area contributed by atoms with E-state index in [1.165, 1.54) is 7.11 Å². The molecule has 1 aromatic rings. The first kappa shape index (κ1) is 11.2. The summed E-state index contributed by atoms with van der Waals surface area (Å²) in [5.74, 6) is -0.418. The molecular weight excluding hydrogens is 248 g/mol. The van der Waals surface area contributed by atoms with Gasteiger partial charge in [0, 0.05) is 12.2 Å². The van der Waals surface area contributed by atoms with Crippen LogP contribution in [0.25, 0.3) is 0 Å². The highest BCUT2D eigenvalue weighted by Gasteiger charge is 2.16. The second kappa shape index (κ2) is 4.59. The fourth-order valence-corrected chi connectivity index (χ4v) is 1.47. The molecule has 0 amide bonds. The molecule has 0 bridgehead atoms. The SMILES string of the molecule is CC[C@@H](C)n1cc(Br)c(C(=O)OC)n1. The fourth-order valence-electron chi connectivity index (χ4n) is 1.02. The third kappa shape index (κ3) is 2.15. The van der Waals surface area contributed by atoms with Crippen LogP contribution in [0.2, 0.25) is 0 Å². The zero-order chi connectivity index (χ0) is 10.7. The second-order valence-corrected chi connectivity index (χ2v) is 3.91. The monoisotopic (exact) mass is 260 g/mol. The van der Waals surface area contributed by atoms with Crippen molar-refractivity contribution >= 4 is 21.9 Å². The molecule has 0 aromatic carbocycles. The van der Waals surface area contributed by atoms with E-state index in [1.807, 2.05) is 6.92 Å². The first-order valence-electron chi connectivity index (χ1n) is 4.43. The van der Waals surface area contributed by atoms with Gasteiger partial charge < -0.3 is 4.74 Å². The number of carbonyl (C=O) groups is 1. The summed E-state index contributed by atoms with van der Waals surface area (Å²) >= 11 is 3.27. The summed E-state index contributed by atoms with van der Waals surface area (Å²) < 4.78 is 7.03. The maximum Gasteiger partial charge on any atom is 0.359 e. The van der Waals surface area contributed by atoms with Gasteiger partial charge >= 0.3 is 5.97 Å². The van der Waals surface area contributed by atoms with Gasteiger partial charge in [-0.15, -0.1) is 0 Å². The Morgan fingerprint density at radius 2 is 2.43 bits per heavy atom. The molecule has 78 valence electrons. The molecule has 0 spiro atoms. The normalized spacial score (nSPS) is 12.6. The first-order valence-corrected chi connectivity index (χ1v) is 5.22. The van der Waals surface area contributed by atoms with E-state index >= 15 is 0 Å². The average molecular weight is 261 g/mol. The maximum absolute atomic E-state index is 11.2. The van der Waals surface area contributed by atoms with Crippen molar-refractivity contribution in [2.75, 3.05) is 7.11 Å². The van der Waals surface area contributed by atoms with E-state index < -0.39 is 5.97 Å². The van der Waals surface area contributed by atoms with E-state index in [2.05, 4.69) is 32.7 Å². The molecule has 1 atom stereocenters. The van der Waals surface area contributed by atoms with Gasteiger partial charge in [-0.25, -0.2) is 4.79 Å². The zero-order valence-corrected chi connectivity index (χ0v) is 10.0. The lowest BCUT2D eigenvalue weighted by atomic mass is 10.3. The molecule has 0 fully saturated rings. The van der Waals surface area contributed by atoms with Gasteiger partial charge in [-0.05, 0) is 29.3 Å². The molecule has 0 radical (unpaired) electrons. The fraction of sp³-hybridized carbons (Fsp3) is 0.556. The van der Waals surface area contributed by atoms with Crippen LogP contribution in [0.3, 0.4) is 0 Å². The van der Waals surface area contributed by atoms with Crippen LogP contribution in [-0.2, 0) is 4.74 Å². The van der Waals surface area contributed by atoms with Gasteiger partial charge in [-0.2, -0.15) is 5.10 Å². The van der Waals surface area contributed by atoms with Crippen molar-refractivity contribution in [2.45, 2.75) is 26.3 Å². The third-order valence-corrected chi connectivity index (χ3v) is 2.69. The molecule has 14 heavy (non-hydrogen) atoms. The minimum Gasteiger partial charge on any atom is -0.464 e. The Labute approximate surface area is 91.4 Å². The average Bonchev–Trinajstić information content (AvgIpc) is 2.58. The van der Waals surface area contributed by atoms with Crippen LogP contribution in [0.15, 0.2) is 10.7 Å². The Balaban J connectivity index is 2.98. The van der Waals surface area contributed by atoms with Gasteiger partial charge in [0.2, 0.25) is 0 Å². The summed E-state index contributed by atoms with van der Waals surface area (Å²) in [5.41, 5.74) is 0.327. The number of methoxy groups -OCH3 is 1. The number of carbonyl (C=O) groups excluding carboxylic acids is 1. The number of halogens is 1. The van der Waals surface area contributed by atoms with E-state index in [9.17, 15) is 4.79 Å². The van der Waals surface area contributed by atoms with Crippen molar-refractivity contribution in [3.63, 3.8) is 0 Å². The van der Waals surface area contributed by atoms with Crippen molar-refractivity contribution in [2.24, 2.45) is 0 Å². The minimum absolute atomic E-state index is 0.282. The zero-order valence-electron chi connectivity index (χ0n) is 8.45. The van der Waals surface area contributed by atoms with Crippen LogP contribution in [0.4, 0.5) is 0 Å². The number of esters is 1. The largest absolute Gasteiger partial charge is 0.464 e. The quantitative estimate of drug-likeness (QED) is 0.785. The molecule has 5 heteroatoms. The van der Waals surface area contributed by atoms with Gasteiger partial charge in [-0.1, -0.05) is 6.92 Å². The maximum atomic E-state index is 11.2. The summed E-state index contributed by atoms with van der Waals surface area (Å²) in [6, 6.07) is 0.282. The van der Waals surface area contributed by atoms with Gasteiger partial charge in [-0.3, -0.25) is 4.68 Å². The summed E-state index contributed by atoms with van der Waals surface area (Å²) in [6.45, 7) is 4.11. The second-order valence-electron chi connectivity index (χ2n) is 3.05. The standard InChI is InChI=1S/C9H13BrN2O2/c1-4-6(2)12-5-7(10)8(11-12)9(13)14-3/h5-6H,4H2,1-3H3/t6-/m1/s1. The van der Waals surface area contributed by atoms with Crippen molar-refractivity contribution < 1.29 is 9.53 Å². The Kier molecular flexibility index (Phi) is 3.69. The lowest BCUT2D eigenvalue weighted by Gasteiger charge is -2.07. The number of rotatable bonds is 3.